The number of carbonyl (C=O) groups is 1. The Bertz CT molecular complexity index is 629. The maximum Gasteiger partial charge on any atom is 0.242 e. The van der Waals surface area contributed by atoms with Crippen LogP contribution >= 0.6 is 0 Å². The van der Waals surface area contributed by atoms with E-state index in [1.54, 1.807) is 26.2 Å². The van der Waals surface area contributed by atoms with Crippen LogP contribution in [-0.4, -0.2) is 19.1 Å². The van der Waals surface area contributed by atoms with Crippen LogP contribution in [0.2, 0.25) is 0 Å². The van der Waals surface area contributed by atoms with Gasteiger partial charge in [0.1, 0.15) is 17.6 Å². The summed E-state index contributed by atoms with van der Waals surface area (Å²) in [7, 11) is 1.58. The molecule has 0 saturated heterocycles. The molecule has 0 spiro atoms. The van der Waals surface area contributed by atoms with Gasteiger partial charge in [-0.25, -0.2) is 4.39 Å². The molecule has 1 amide bonds. The van der Waals surface area contributed by atoms with Crippen LogP contribution in [0.4, 0.5) is 10.1 Å². The molecule has 0 aliphatic heterocycles. The second-order valence-corrected chi connectivity index (χ2v) is 4.91. The van der Waals surface area contributed by atoms with E-state index in [4.69, 9.17) is 4.74 Å². The van der Waals surface area contributed by atoms with E-state index in [1.807, 2.05) is 24.3 Å². The normalized spacial score (nSPS) is 11.6. The summed E-state index contributed by atoms with van der Waals surface area (Å²) >= 11 is 0. The molecule has 5 heteroatoms. The van der Waals surface area contributed by atoms with E-state index in [9.17, 15) is 9.18 Å². The minimum atomic E-state index is -0.420. The standard InChI is InChI=1S/C17H19FN2O2/c1-12(20-15-5-3-4-6-16(15)22-2)17(21)19-11-13-7-9-14(18)10-8-13/h3-10,12,20H,11H2,1-2H3,(H,19,21). The third-order valence-electron chi connectivity index (χ3n) is 3.25. The Balaban J connectivity index is 1.90. The van der Waals surface area contributed by atoms with E-state index in [-0.39, 0.29) is 11.7 Å². The van der Waals surface area contributed by atoms with Crippen molar-refractivity contribution in [3.63, 3.8) is 0 Å². The Morgan fingerprint density at radius 3 is 2.55 bits per heavy atom. The predicted molar refractivity (Wildman–Crippen MR) is 84.3 cm³/mol. The molecule has 22 heavy (non-hydrogen) atoms. The minimum Gasteiger partial charge on any atom is -0.495 e. The molecule has 1 unspecified atom stereocenters. The summed E-state index contributed by atoms with van der Waals surface area (Å²) in [4.78, 5) is 12.1. The number of amides is 1. The van der Waals surface area contributed by atoms with Gasteiger partial charge in [0.05, 0.1) is 12.8 Å². The van der Waals surface area contributed by atoms with Crippen molar-refractivity contribution in [2.75, 3.05) is 12.4 Å². The molecule has 0 bridgehead atoms. The molecule has 1 atom stereocenters. The monoisotopic (exact) mass is 302 g/mol. The van der Waals surface area contributed by atoms with Gasteiger partial charge < -0.3 is 15.4 Å². The predicted octanol–water partition coefficient (Wildman–Crippen LogP) is 2.95. The smallest absolute Gasteiger partial charge is 0.242 e. The molecule has 0 fully saturated rings. The average Bonchev–Trinajstić information content (AvgIpc) is 2.54. The number of ether oxygens (including phenoxy) is 1. The van der Waals surface area contributed by atoms with Gasteiger partial charge in [-0.3, -0.25) is 4.79 Å². The van der Waals surface area contributed by atoms with Gasteiger partial charge in [0.15, 0.2) is 0 Å². The van der Waals surface area contributed by atoms with Crippen molar-refractivity contribution in [1.82, 2.24) is 5.32 Å². The molecule has 0 radical (unpaired) electrons. The average molecular weight is 302 g/mol. The number of anilines is 1. The lowest BCUT2D eigenvalue weighted by Gasteiger charge is -2.17. The number of halogens is 1. The molecule has 0 aromatic heterocycles. The first-order valence-electron chi connectivity index (χ1n) is 7.02. The highest BCUT2D eigenvalue weighted by Crippen LogP contribution is 2.23. The fourth-order valence-corrected chi connectivity index (χ4v) is 2.01. The van der Waals surface area contributed by atoms with E-state index in [2.05, 4.69) is 10.6 Å². The van der Waals surface area contributed by atoms with Gasteiger partial charge in [-0.15, -0.1) is 0 Å². The molecule has 0 saturated carbocycles. The Morgan fingerprint density at radius 2 is 1.86 bits per heavy atom. The van der Waals surface area contributed by atoms with Crippen LogP contribution in [0.3, 0.4) is 0 Å². The van der Waals surface area contributed by atoms with Crippen LogP contribution in [0, 0.1) is 5.82 Å². The Hall–Kier alpha value is -2.56. The molecule has 0 aliphatic carbocycles. The number of hydrogen-bond donors (Lipinski definition) is 2. The number of hydrogen-bond acceptors (Lipinski definition) is 3. The van der Waals surface area contributed by atoms with Gasteiger partial charge in [-0.05, 0) is 36.8 Å². The summed E-state index contributed by atoms with van der Waals surface area (Å²) in [5.41, 5.74) is 1.61. The molecule has 2 aromatic rings. The molecule has 0 aliphatic rings. The van der Waals surface area contributed by atoms with Gasteiger partial charge >= 0.3 is 0 Å². The maximum absolute atomic E-state index is 12.8. The van der Waals surface area contributed by atoms with Gasteiger partial charge in [-0.2, -0.15) is 0 Å². The largest absolute Gasteiger partial charge is 0.495 e. The van der Waals surface area contributed by atoms with Crippen LogP contribution in [0.25, 0.3) is 0 Å². The third-order valence-corrected chi connectivity index (χ3v) is 3.25. The number of carbonyl (C=O) groups excluding carboxylic acids is 1. The maximum atomic E-state index is 12.8. The van der Waals surface area contributed by atoms with Crippen molar-refractivity contribution in [1.29, 1.82) is 0 Å². The van der Waals surface area contributed by atoms with E-state index >= 15 is 0 Å². The Kier molecular flexibility index (Phi) is 5.36. The quantitative estimate of drug-likeness (QED) is 0.862. The molecule has 116 valence electrons. The highest BCUT2D eigenvalue weighted by atomic mass is 19.1. The molecular formula is C17H19FN2O2. The first kappa shape index (κ1) is 15.8. The van der Waals surface area contributed by atoms with Crippen molar-refractivity contribution in [3.05, 3.63) is 59.9 Å². The summed E-state index contributed by atoms with van der Waals surface area (Å²) in [6.07, 6.45) is 0. The lowest BCUT2D eigenvalue weighted by Crippen LogP contribution is -2.37. The van der Waals surface area contributed by atoms with E-state index in [0.29, 0.717) is 12.3 Å². The SMILES string of the molecule is COc1ccccc1NC(C)C(=O)NCc1ccc(F)cc1. The zero-order valence-corrected chi connectivity index (χ0v) is 12.6. The molecular weight excluding hydrogens is 283 g/mol. The van der Waals surface area contributed by atoms with Crippen LogP contribution in [0.5, 0.6) is 5.75 Å². The first-order chi connectivity index (χ1) is 10.6. The third kappa shape index (κ3) is 4.22. The summed E-state index contributed by atoms with van der Waals surface area (Å²) in [6.45, 7) is 2.13. The molecule has 0 heterocycles. The van der Waals surface area contributed by atoms with Crippen LogP contribution in [0.15, 0.2) is 48.5 Å². The lowest BCUT2D eigenvalue weighted by atomic mass is 10.2. The van der Waals surface area contributed by atoms with Gasteiger partial charge in [-0.1, -0.05) is 24.3 Å². The topological polar surface area (TPSA) is 50.4 Å². The second kappa shape index (κ2) is 7.45. The van der Waals surface area contributed by atoms with Gasteiger partial charge in [0, 0.05) is 6.54 Å². The van der Waals surface area contributed by atoms with E-state index < -0.39 is 6.04 Å². The van der Waals surface area contributed by atoms with Crippen LogP contribution in [-0.2, 0) is 11.3 Å². The Labute approximate surface area is 129 Å². The van der Waals surface area contributed by atoms with Gasteiger partial charge in [0.2, 0.25) is 5.91 Å². The highest BCUT2D eigenvalue weighted by Gasteiger charge is 2.14. The Morgan fingerprint density at radius 1 is 1.18 bits per heavy atom. The first-order valence-corrected chi connectivity index (χ1v) is 7.02. The molecule has 2 aromatic carbocycles. The van der Waals surface area contributed by atoms with Crippen molar-refractivity contribution >= 4 is 11.6 Å². The fraction of sp³-hybridized carbons (Fsp3) is 0.235. The number of nitrogens with one attached hydrogen (secondary N) is 2. The molecule has 2 rings (SSSR count). The zero-order chi connectivity index (χ0) is 15.9. The van der Waals surface area contributed by atoms with E-state index in [0.717, 1.165) is 11.3 Å². The number of benzene rings is 2. The highest BCUT2D eigenvalue weighted by molar-refractivity contribution is 5.84. The van der Waals surface area contributed by atoms with Crippen molar-refractivity contribution in [2.24, 2.45) is 0 Å². The van der Waals surface area contributed by atoms with Gasteiger partial charge in [0.25, 0.3) is 0 Å². The summed E-state index contributed by atoms with van der Waals surface area (Å²) in [5.74, 6) is 0.247. The van der Waals surface area contributed by atoms with Crippen LogP contribution < -0.4 is 15.4 Å². The number of methoxy groups -OCH3 is 1. The summed E-state index contributed by atoms with van der Waals surface area (Å²) in [6, 6.07) is 13.0. The molecule has 2 N–H and O–H groups in total. The van der Waals surface area contributed by atoms with Crippen molar-refractivity contribution < 1.29 is 13.9 Å². The minimum absolute atomic E-state index is 0.143. The fourth-order valence-electron chi connectivity index (χ4n) is 2.01. The summed E-state index contributed by atoms with van der Waals surface area (Å²) < 4.78 is 18.1. The summed E-state index contributed by atoms with van der Waals surface area (Å²) in [5, 5.41) is 5.92. The lowest BCUT2D eigenvalue weighted by molar-refractivity contribution is -0.121. The number of para-hydroxylation sites is 2. The number of rotatable bonds is 6. The second-order valence-electron chi connectivity index (χ2n) is 4.91. The van der Waals surface area contributed by atoms with Crippen molar-refractivity contribution in [2.45, 2.75) is 19.5 Å². The molecule has 4 nitrogen and oxygen atoms in total. The zero-order valence-electron chi connectivity index (χ0n) is 12.6. The van der Waals surface area contributed by atoms with Crippen LogP contribution in [0.1, 0.15) is 12.5 Å². The van der Waals surface area contributed by atoms with Crippen molar-refractivity contribution in [3.8, 4) is 5.75 Å². The van der Waals surface area contributed by atoms with E-state index in [1.165, 1.54) is 12.1 Å².